The molecular formula is C20H18N2O5. The number of furan rings is 1. The van der Waals surface area contributed by atoms with Crippen molar-refractivity contribution >= 4 is 11.9 Å². The predicted molar refractivity (Wildman–Crippen MR) is 95.4 cm³/mol. The Bertz CT molecular complexity index is 989. The van der Waals surface area contributed by atoms with Crippen molar-refractivity contribution in [1.29, 1.82) is 0 Å². The second-order valence-electron chi connectivity index (χ2n) is 6.46. The SMILES string of the molecule is Cc1ccc(-c2nn(-c3ccccc3)cc2C(=O)OC2CC(C)OC2=O)o1. The molecule has 0 spiro atoms. The summed E-state index contributed by atoms with van der Waals surface area (Å²) in [5.74, 6) is -0.0118. The summed E-state index contributed by atoms with van der Waals surface area (Å²) in [7, 11) is 0. The first-order valence-corrected chi connectivity index (χ1v) is 8.64. The van der Waals surface area contributed by atoms with Gasteiger partial charge in [-0.1, -0.05) is 18.2 Å². The normalized spacial score (nSPS) is 19.1. The van der Waals surface area contributed by atoms with Crippen molar-refractivity contribution < 1.29 is 23.5 Å². The van der Waals surface area contributed by atoms with E-state index in [4.69, 9.17) is 13.9 Å². The Labute approximate surface area is 155 Å². The largest absolute Gasteiger partial charge is 0.460 e. The molecule has 0 bridgehead atoms. The van der Waals surface area contributed by atoms with E-state index in [9.17, 15) is 9.59 Å². The fourth-order valence-corrected chi connectivity index (χ4v) is 2.99. The first-order chi connectivity index (χ1) is 13.0. The van der Waals surface area contributed by atoms with Crippen LogP contribution in [0.2, 0.25) is 0 Å². The molecule has 0 radical (unpaired) electrons. The third kappa shape index (κ3) is 3.36. The molecule has 0 amide bonds. The maximum atomic E-state index is 12.8. The molecule has 1 aliphatic heterocycles. The van der Waals surface area contributed by atoms with E-state index in [0.717, 1.165) is 5.69 Å². The second-order valence-corrected chi connectivity index (χ2v) is 6.46. The fraction of sp³-hybridized carbons (Fsp3) is 0.250. The number of cyclic esters (lactones) is 1. The van der Waals surface area contributed by atoms with E-state index in [-0.39, 0.29) is 11.7 Å². The van der Waals surface area contributed by atoms with Gasteiger partial charge < -0.3 is 13.9 Å². The maximum Gasteiger partial charge on any atom is 0.347 e. The Kier molecular flexibility index (Phi) is 4.27. The highest BCUT2D eigenvalue weighted by Crippen LogP contribution is 2.27. The van der Waals surface area contributed by atoms with Crippen LogP contribution < -0.4 is 0 Å². The van der Waals surface area contributed by atoms with Crippen LogP contribution in [0.25, 0.3) is 17.1 Å². The molecule has 1 aromatic carbocycles. The van der Waals surface area contributed by atoms with Crippen molar-refractivity contribution in [3.63, 3.8) is 0 Å². The van der Waals surface area contributed by atoms with Gasteiger partial charge in [-0.2, -0.15) is 5.10 Å². The van der Waals surface area contributed by atoms with Crippen LogP contribution in [0.1, 0.15) is 29.5 Å². The topological polar surface area (TPSA) is 83.6 Å². The van der Waals surface area contributed by atoms with E-state index in [1.807, 2.05) is 37.3 Å². The molecule has 7 nitrogen and oxygen atoms in total. The Morgan fingerprint density at radius 3 is 2.63 bits per heavy atom. The quantitative estimate of drug-likeness (QED) is 0.659. The Morgan fingerprint density at radius 2 is 2.00 bits per heavy atom. The number of aryl methyl sites for hydroxylation is 1. The van der Waals surface area contributed by atoms with Crippen molar-refractivity contribution in [1.82, 2.24) is 9.78 Å². The van der Waals surface area contributed by atoms with Crippen LogP contribution in [0.5, 0.6) is 0 Å². The predicted octanol–water partition coefficient (Wildman–Crippen LogP) is 3.30. The van der Waals surface area contributed by atoms with E-state index in [1.54, 1.807) is 29.9 Å². The summed E-state index contributed by atoms with van der Waals surface area (Å²) < 4.78 is 17.7. The molecule has 7 heteroatoms. The van der Waals surface area contributed by atoms with Gasteiger partial charge in [-0.25, -0.2) is 14.3 Å². The van der Waals surface area contributed by atoms with Crippen LogP contribution >= 0.6 is 0 Å². The molecule has 0 N–H and O–H groups in total. The average molecular weight is 366 g/mol. The number of hydrogen-bond donors (Lipinski definition) is 0. The molecular weight excluding hydrogens is 348 g/mol. The van der Waals surface area contributed by atoms with Gasteiger partial charge >= 0.3 is 11.9 Å². The van der Waals surface area contributed by atoms with Crippen molar-refractivity contribution in [2.45, 2.75) is 32.5 Å². The molecule has 0 saturated carbocycles. The number of aromatic nitrogens is 2. The van der Waals surface area contributed by atoms with Crippen molar-refractivity contribution in [3.8, 4) is 17.1 Å². The molecule has 138 valence electrons. The number of hydrogen-bond acceptors (Lipinski definition) is 6. The van der Waals surface area contributed by atoms with E-state index < -0.39 is 18.0 Å². The minimum absolute atomic E-state index is 0.223. The lowest BCUT2D eigenvalue weighted by Crippen LogP contribution is -2.22. The molecule has 2 unspecified atom stereocenters. The van der Waals surface area contributed by atoms with Gasteiger partial charge in [0.25, 0.3) is 0 Å². The Hall–Kier alpha value is -3.35. The van der Waals surface area contributed by atoms with Gasteiger partial charge in [0, 0.05) is 12.6 Å². The minimum atomic E-state index is -0.904. The van der Waals surface area contributed by atoms with E-state index >= 15 is 0 Å². The number of carbonyl (C=O) groups excluding carboxylic acids is 2. The molecule has 0 aliphatic carbocycles. The van der Waals surface area contributed by atoms with Crippen LogP contribution in [0.4, 0.5) is 0 Å². The van der Waals surface area contributed by atoms with Gasteiger partial charge in [0.15, 0.2) is 5.76 Å². The van der Waals surface area contributed by atoms with Gasteiger partial charge in [-0.05, 0) is 38.1 Å². The third-order valence-corrected chi connectivity index (χ3v) is 4.30. The Balaban J connectivity index is 1.70. The minimum Gasteiger partial charge on any atom is -0.460 e. The lowest BCUT2D eigenvalue weighted by atomic mass is 10.2. The Morgan fingerprint density at radius 1 is 1.22 bits per heavy atom. The number of rotatable bonds is 4. The van der Waals surface area contributed by atoms with Crippen LogP contribution in [0.3, 0.4) is 0 Å². The lowest BCUT2D eigenvalue weighted by molar-refractivity contribution is -0.147. The molecule has 1 fully saturated rings. The average Bonchev–Trinajstić information content (AvgIpc) is 3.34. The molecule has 2 atom stereocenters. The number of esters is 2. The standard InChI is InChI=1S/C20H18N2O5/c1-12-8-9-16(25-12)18-15(11-22(21-18)14-6-4-3-5-7-14)19(23)27-17-10-13(2)26-20(17)24/h3-9,11,13,17H,10H2,1-2H3. The summed E-state index contributed by atoms with van der Waals surface area (Å²) in [6.07, 6.45) is 0.745. The summed E-state index contributed by atoms with van der Waals surface area (Å²) in [4.78, 5) is 24.6. The van der Waals surface area contributed by atoms with Gasteiger partial charge in [0.05, 0.1) is 5.69 Å². The number of carbonyl (C=O) groups is 2. The van der Waals surface area contributed by atoms with Crippen LogP contribution in [-0.4, -0.2) is 33.9 Å². The highest BCUT2D eigenvalue weighted by Gasteiger charge is 2.36. The summed E-state index contributed by atoms with van der Waals surface area (Å²) in [6.45, 7) is 3.57. The zero-order chi connectivity index (χ0) is 19.0. The molecule has 27 heavy (non-hydrogen) atoms. The monoisotopic (exact) mass is 366 g/mol. The first kappa shape index (κ1) is 17.1. The lowest BCUT2D eigenvalue weighted by Gasteiger charge is -2.07. The van der Waals surface area contributed by atoms with Crippen LogP contribution in [0.15, 0.2) is 53.1 Å². The summed E-state index contributed by atoms with van der Waals surface area (Å²) in [6, 6.07) is 12.9. The zero-order valence-corrected chi connectivity index (χ0v) is 14.9. The van der Waals surface area contributed by atoms with Gasteiger partial charge in [0.2, 0.25) is 6.10 Å². The molecule has 2 aromatic heterocycles. The summed E-state index contributed by atoms with van der Waals surface area (Å²) in [5.41, 5.74) is 1.37. The molecule has 1 saturated heterocycles. The van der Waals surface area contributed by atoms with Crippen molar-refractivity contribution in [2.75, 3.05) is 0 Å². The fourth-order valence-electron chi connectivity index (χ4n) is 2.99. The van der Waals surface area contributed by atoms with Crippen LogP contribution in [0, 0.1) is 6.92 Å². The van der Waals surface area contributed by atoms with Crippen molar-refractivity contribution in [3.05, 3.63) is 60.0 Å². The van der Waals surface area contributed by atoms with Gasteiger partial charge in [0.1, 0.15) is 23.1 Å². The molecule has 4 rings (SSSR count). The molecule has 3 aromatic rings. The summed E-state index contributed by atoms with van der Waals surface area (Å²) >= 11 is 0. The number of nitrogens with zero attached hydrogens (tertiary/aromatic N) is 2. The van der Waals surface area contributed by atoms with Gasteiger partial charge in [-0.3, -0.25) is 0 Å². The van der Waals surface area contributed by atoms with Crippen LogP contribution in [-0.2, 0) is 14.3 Å². The van der Waals surface area contributed by atoms with Gasteiger partial charge in [-0.15, -0.1) is 0 Å². The third-order valence-electron chi connectivity index (χ3n) is 4.30. The molecule has 1 aliphatic rings. The smallest absolute Gasteiger partial charge is 0.347 e. The highest BCUT2D eigenvalue weighted by atomic mass is 16.6. The number of benzene rings is 1. The zero-order valence-electron chi connectivity index (χ0n) is 14.9. The number of ether oxygens (including phenoxy) is 2. The molecule has 3 heterocycles. The first-order valence-electron chi connectivity index (χ1n) is 8.64. The second kappa shape index (κ2) is 6.75. The van der Waals surface area contributed by atoms with Crippen molar-refractivity contribution in [2.24, 2.45) is 0 Å². The van der Waals surface area contributed by atoms with E-state index in [0.29, 0.717) is 23.6 Å². The number of para-hydroxylation sites is 1. The maximum absolute atomic E-state index is 12.8. The van der Waals surface area contributed by atoms with E-state index in [1.165, 1.54) is 0 Å². The van der Waals surface area contributed by atoms with E-state index in [2.05, 4.69) is 5.10 Å². The highest BCUT2D eigenvalue weighted by molar-refractivity contribution is 5.97. The summed E-state index contributed by atoms with van der Waals surface area (Å²) in [5, 5.41) is 4.50.